The number of amides is 1. The third-order valence-electron chi connectivity index (χ3n) is 5.38. The first-order valence-electron chi connectivity index (χ1n) is 10.1. The number of aromatic nitrogens is 4. The first kappa shape index (κ1) is 19.1. The van der Waals surface area contributed by atoms with Crippen molar-refractivity contribution in [2.45, 2.75) is 26.2 Å². The van der Waals surface area contributed by atoms with Gasteiger partial charge in [0.1, 0.15) is 11.6 Å². The van der Waals surface area contributed by atoms with Gasteiger partial charge in [-0.1, -0.05) is 42.5 Å². The van der Waals surface area contributed by atoms with Crippen LogP contribution in [0.25, 0.3) is 17.2 Å². The van der Waals surface area contributed by atoms with E-state index in [0.29, 0.717) is 17.5 Å². The van der Waals surface area contributed by atoms with Gasteiger partial charge in [-0.05, 0) is 37.6 Å². The molecule has 0 saturated carbocycles. The molecule has 1 N–H and O–H groups in total. The standard InChI is InChI=1S/C24H20FN5O/c1-14-11-15(2)27-24(26-14)30-23-21(22(29-30)16-7-4-3-5-8-16)19(13-20(31)28-23)17-9-6-10-18(25)12-17/h3-12,19H,13H2,1-2H3,(H,28,31)/t19-/m0/s1. The molecule has 1 atom stereocenters. The number of hydrogen-bond donors (Lipinski definition) is 1. The molecule has 5 rings (SSSR count). The quantitative estimate of drug-likeness (QED) is 0.534. The minimum absolute atomic E-state index is 0.160. The summed E-state index contributed by atoms with van der Waals surface area (Å²) in [6, 6.07) is 18.0. The second-order valence-corrected chi connectivity index (χ2v) is 7.70. The molecule has 0 radical (unpaired) electrons. The molecule has 1 aliphatic rings. The van der Waals surface area contributed by atoms with Crippen LogP contribution in [0.15, 0.2) is 60.7 Å². The molecule has 7 heteroatoms. The molecule has 0 spiro atoms. The van der Waals surface area contributed by atoms with Crippen LogP contribution in [0.1, 0.15) is 34.9 Å². The number of carbonyl (C=O) groups is 1. The molecule has 0 saturated heterocycles. The first-order valence-corrected chi connectivity index (χ1v) is 10.1. The zero-order chi connectivity index (χ0) is 21.5. The summed E-state index contributed by atoms with van der Waals surface area (Å²) in [5, 5.41) is 7.79. The average Bonchev–Trinajstić information content (AvgIpc) is 3.12. The lowest BCUT2D eigenvalue weighted by atomic mass is 9.84. The molecule has 1 aliphatic heterocycles. The Morgan fingerprint density at radius 3 is 2.45 bits per heavy atom. The van der Waals surface area contributed by atoms with E-state index in [1.54, 1.807) is 10.7 Å². The van der Waals surface area contributed by atoms with E-state index < -0.39 is 0 Å². The summed E-state index contributed by atoms with van der Waals surface area (Å²) < 4.78 is 15.6. The zero-order valence-corrected chi connectivity index (χ0v) is 17.1. The van der Waals surface area contributed by atoms with Gasteiger partial charge in [0.2, 0.25) is 5.91 Å². The molecule has 6 nitrogen and oxygen atoms in total. The fraction of sp³-hybridized carbons (Fsp3) is 0.167. The largest absolute Gasteiger partial charge is 0.310 e. The lowest BCUT2D eigenvalue weighted by Crippen LogP contribution is -2.25. The molecule has 1 amide bonds. The molecule has 2 aromatic heterocycles. The van der Waals surface area contributed by atoms with Crippen molar-refractivity contribution in [2.24, 2.45) is 0 Å². The topological polar surface area (TPSA) is 72.7 Å². The maximum absolute atomic E-state index is 14.0. The van der Waals surface area contributed by atoms with Crippen LogP contribution in [0.5, 0.6) is 0 Å². The molecule has 3 heterocycles. The maximum Gasteiger partial charge on any atom is 0.252 e. The van der Waals surface area contributed by atoms with Crippen LogP contribution in [0.3, 0.4) is 0 Å². The molecule has 0 aliphatic carbocycles. The molecular weight excluding hydrogens is 393 g/mol. The van der Waals surface area contributed by atoms with Gasteiger partial charge in [-0.25, -0.2) is 14.4 Å². The fourth-order valence-corrected chi connectivity index (χ4v) is 4.11. The van der Waals surface area contributed by atoms with Crippen molar-refractivity contribution < 1.29 is 9.18 Å². The summed E-state index contributed by atoms with van der Waals surface area (Å²) in [5.41, 5.74) is 4.79. The molecule has 154 valence electrons. The van der Waals surface area contributed by atoms with Crippen molar-refractivity contribution in [3.8, 4) is 17.2 Å². The van der Waals surface area contributed by atoms with E-state index in [4.69, 9.17) is 5.10 Å². The number of anilines is 1. The summed E-state index contributed by atoms with van der Waals surface area (Å²) in [4.78, 5) is 21.7. The Kier molecular flexibility index (Phi) is 4.58. The number of benzene rings is 2. The predicted octanol–water partition coefficient (Wildman–Crippen LogP) is 4.56. The predicted molar refractivity (Wildman–Crippen MR) is 116 cm³/mol. The van der Waals surface area contributed by atoms with Gasteiger partial charge < -0.3 is 5.32 Å². The van der Waals surface area contributed by atoms with E-state index in [1.165, 1.54) is 12.1 Å². The molecule has 0 bridgehead atoms. The number of carbonyl (C=O) groups excluding carboxylic acids is 1. The van der Waals surface area contributed by atoms with Crippen LogP contribution in [0.4, 0.5) is 10.2 Å². The van der Waals surface area contributed by atoms with Gasteiger partial charge >= 0.3 is 0 Å². The molecule has 2 aromatic carbocycles. The molecule has 4 aromatic rings. The monoisotopic (exact) mass is 413 g/mol. The average molecular weight is 413 g/mol. The van der Waals surface area contributed by atoms with Crippen LogP contribution in [0, 0.1) is 19.7 Å². The van der Waals surface area contributed by atoms with Gasteiger partial charge in [0, 0.05) is 34.9 Å². The fourth-order valence-electron chi connectivity index (χ4n) is 4.11. The van der Waals surface area contributed by atoms with Crippen molar-refractivity contribution in [2.75, 3.05) is 5.32 Å². The summed E-state index contributed by atoms with van der Waals surface area (Å²) in [6.07, 6.45) is 0.204. The Morgan fingerprint density at radius 2 is 1.74 bits per heavy atom. The first-order chi connectivity index (χ1) is 15.0. The lowest BCUT2D eigenvalue weighted by Gasteiger charge is -2.24. The Hall–Kier alpha value is -3.87. The highest BCUT2D eigenvalue weighted by atomic mass is 19.1. The van der Waals surface area contributed by atoms with Gasteiger partial charge in [0.25, 0.3) is 5.95 Å². The van der Waals surface area contributed by atoms with Crippen LogP contribution in [-0.4, -0.2) is 25.7 Å². The Bertz CT molecular complexity index is 1280. The van der Waals surface area contributed by atoms with E-state index in [1.807, 2.05) is 56.3 Å². The van der Waals surface area contributed by atoms with E-state index in [9.17, 15) is 9.18 Å². The summed E-state index contributed by atoms with van der Waals surface area (Å²) in [6.45, 7) is 3.78. The highest BCUT2D eigenvalue weighted by Gasteiger charge is 2.35. The highest BCUT2D eigenvalue weighted by molar-refractivity contribution is 5.96. The second-order valence-electron chi connectivity index (χ2n) is 7.70. The van der Waals surface area contributed by atoms with Gasteiger partial charge in [0.15, 0.2) is 0 Å². The van der Waals surface area contributed by atoms with Gasteiger partial charge in [-0.3, -0.25) is 4.79 Å². The number of rotatable bonds is 3. The smallest absolute Gasteiger partial charge is 0.252 e. The van der Waals surface area contributed by atoms with Crippen molar-refractivity contribution in [1.29, 1.82) is 0 Å². The number of hydrogen-bond acceptors (Lipinski definition) is 4. The summed E-state index contributed by atoms with van der Waals surface area (Å²) in [5.74, 6) is 0.0722. The minimum Gasteiger partial charge on any atom is -0.310 e. The van der Waals surface area contributed by atoms with Crippen molar-refractivity contribution >= 4 is 11.7 Å². The highest BCUT2D eigenvalue weighted by Crippen LogP contribution is 2.43. The number of nitrogens with zero attached hydrogens (tertiary/aromatic N) is 4. The van der Waals surface area contributed by atoms with E-state index in [0.717, 1.165) is 28.1 Å². The number of nitrogens with one attached hydrogen (secondary N) is 1. The Balaban J connectivity index is 1.79. The van der Waals surface area contributed by atoms with Gasteiger partial charge in [0.05, 0.1) is 5.69 Å². The van der Waals surface area contributed by atoms with Crippen LogP contribution in [-0.2, 0) is 4.79 Å². The SMILES string of the molecule is Cc1cc(C)nc(-n2nc(-c3ccccc3)c3c2NC(=O)C[C@H]3c2cccc(F)c2)n1. The lowest BCUT2D eigenvalue weighted by molar-refractivity contribution is -0.116. The molecule has 31 heavy (non-hydrogen) atoms. The zero-order valence-electron chi connectivity index (χ0n) is 17.1. The van der Waals surface area contributed by atoms with Crippen LogP contribution < -0.4 is 5.32 Å². The maximum atomic E-state index is 14.0. The Morgan fingerprint density at radius 1 is 1.00 bits per heavy atom. The van der Waals surface area contributed by atoms with Crippen LogP contribution in [0.2, 0.25) is 0 Å². The summed E-state index contributed by atoms with van der Waals surface area (Å²) >= 11 is 0. The van der Waals surface area contributed by atoms with E-state index >= 15 is 0 Å². The van der Waals surface area contributed by atoms with Crippen molar-refractivity contribution in [1.82, 2.24) is 19.7 Å². The van der Waals surface area contributed by atoms with E-state index in [2.05, 4.69) is 15.3 Å². The molecule has 0 unspecified atom stereocenters. The molecule has 0 fully saturated rings. The Labute approximate surface area is 178 Å². The van der Waals surface area contributed by atoms with Crippen molar-refractivity contribution in [3.63, 3.8) is 0 Å². The number of aryl methyl sites for hydroxylation is 2. The minimum atomic E-state index is -0.339. The third kappa shape index (κ3) is 3.48. The van der Waals surface area contributed by atoms with Crippen molar-refractivity contribution in [3.05, 3.63) is 89.0 Å². The number of fused-ring (bicyclic) bond motifs is 1. The van der Waals surface area contributed by atoms with E-state index in [-0.39, 0.29) is 24.1 Å². The van der Waals surface area contributed by atoms with Crippen LogP contribution >= 0.6 is 0 Å². The molecular formula is C24H20FN5O. The normalized spacial score (nSPS) is 15.5. The number of halogens is 1. The van der Waals surface area contributed by atoms with Gasteiger partial charge in [-0.15, -0.1) is 0 Å². The summed E-state index contributed by atoms with van der Waals surface area (Å²) in [7, 11) is 0. The third-order valence-corrected chi connectivity index (χ3v) is 5.38. The second kappa shape index (κ2) is 7.43. The van der Waals surface area contributed by atoms with Gasteiger partial charge in [-0.2, -0.15) is 9.78 Å².